The van der Waals surface area contributed by atoms with E-state index in [1.165, 1.54) is 11.8 Å². The number of aromatic nitrogens is 5. The van der Waals surface area contributed by atoms with E-state index < -0.39 is 0 Å². The molecule has 1 atom stereocenters. The lowest BCUT2D eigenvalue weighted by Crippen LogP contribution is -2.04. The normalized spacial score (nSPS) is 12.4. The van der Waals surface area contributed by atoms with Crippen LogP contribution in [0.3, 0.4) is 0 Å². The maximum absolute atomic E-state index is 5.71. The number of thioether (sulfide) groups is 1. The van der Waals surface area contributed by atoms with Crippen molar-refractivity contribution >= 4 is 27.7 Å². The van der Waals surface area contributed by atoms with Crippen molar-refractivity contribution in [3.63, 3.8) is 0 Å². The van der Waals surface area contributed by atoms with Gasteiger partial charge in [-0.1, -0.05) is 54.2 Å². The van der Waals surface area contributed by atoms with E-state index in [0.717, 1.165) is 17.1 Å². The third kappa shape index (κ3) is 4.05. The standard InChI is InChI=1S/C19H18BrN5O2S/c1-3-16-21-18(27-24-16)12(2)28-19-23-22-17(14-9-10-15(20)26-14)25(19)11-13-7-5-4-6-8-13/h4-10,12H,3,11H2,1-2H3. The number of hydrogen-bond donors (Lipinski definition) is 0. The van der Waals surface area contributed by atoms with Crippen LogP contribution in [0, 0.1) is 0 Å². The molecule has 1 unspecified atom stereocenters. The van der Waals surface area contributed by atoms with Crippen LogP contribution in [0.5, 0.6) is 0 Å². The van der Waals surface area contributed by atoms with Crippen molar-refractivity contribution in [1.82, 2.24) is 24.9 Å². The van der Waals surface area contributed by atoms with E-state index in [2.05, 4.69) is 48.4 Å². The molecule has 0 aliphatic carbocycles. The molecule has 9 heteroatoms. The largest absolute Gasteiger partial charge is 0.446 e. The van der Waals surface area contributed by atoms with Crippen LogP contribution in [0.1, 0.15) is 36.4 Å². The summed E-state index contributed by atoms with van der Waals surface area (Å²) in [6, 6.07) is 13.9. The summed E-state index contributed by atoms with van der Waals surface area (Å²) in [6.07, 6.45) is 0.739. The van der Waals surface area contributed by atoms with Crippen molar-refractivity contribution in [2.24, 2.45) is 0 Å². The Balaban J connectivity index is 1.67. The van der Waals surface area contributed by atoms with Crippen LogP contribution in [0.25, 0.3) is 11.6 Å². The molecule has 0 aliphatic heterocycles. The first-order chi connectivity index (χ1) is 13.6. The van der Waals surface area contributed by atoms with Crippen LogP contribution in [0.4, 0.5) is 0 Å². The SMILES string of the molecule is CCc1noc(C(C)Sc2nnc(-c3ccc(Br)o3)n2Cc2ccccc2)n1. The summed E-state index contributed by atoms with van der Waals surface area (Å²) in [4.78, 5) is 4.43. The van der Waals surface area contributed by atoms with Gasteiger partial charge < -0.3 is 8.94 Å². The van der Waals surface area contributed by atoms with Gasteiger partial charge in [-0.25, -0.2) is 0 Å². The van der Waals surface area contributed by atoms with Crippen LogP contribution in [0.15, 0.2) is 61.2 Å². The Bertz CT molecular complexity index is 1060. The van der Waals surface area contributed by atoms with Gasteiger partial charge in [-0.2, -0.15) is 4.98 Å². The molecule has 1 aromatic carbocycles. The molecule has 0 amide bonds. The summed E-state index contributed by atoms with van der Waals surface area (Å²) < 4.78 is 13.8. The minimum absolute atomic E-state index is 0.0530. The summed E-state index contributed by atoms with van der Waals surface area (Å²) >= 11 is 4.88. The predicted molar refractivity (Wildman–Crippen MR) is 109 cm³/mol. The van der Waals surface area contributed by atoms with Gasteiger partial charge in [0.2, 0.25) is 11.7 Å². The molecule has 28 heavy (non-hydrogen) atoms. The highest BCUT2D eigenvalue weighted by Gasteiger charge is 2.22. The smallest absolute Gasteiger partial charge is 0.239 e. The number of furan rings is 1. The molecule has 0 bridgehead atoms. The highest BCUT2D eigenvalue weighted by molar-refractivity contribution is 9.10. The minimum atomic E-state index is -0.0530. The van der Waals surface area contributed by atoms with E-state index in [0.29, 0.717) is 34.5 Å². The molecular weight excluding hydrogens is 442 g/mol. The van der Waals surface area contributed by atoms with Gasteiger partial charge in [0.1, 0.15) is 0 Å². The number of aryl methyl sites for hydroxylation is 1. The van der Waals surface area contributed by atoms with Gasteiger partial charge >= 0.3 is 0 Å². The Morgan fingerprint density at radius 3 is 2.64 bits per heavy atom. The molecule has 7 nitrogen and oxygen atoms in total. The zero-order chi connectivity index (χ0) is 19.5. The second kappa shape index (κ2) is 8.32. The monoisotopic (exact) mass is 459 g/mol. The summed E-state index contributed by atoms with van der Waals surface area (Å²) in [6.45, 7) is 4.64. The van der Waals surface area contributed by atoms with Crippen LogP contribution in [-0.4, -0.2) is 24.9 Å². The summed E-state index contributed by atoms with van der Waals surface area (Å²) in [5.74, 6) is 2.61. The summed E-state index contributed by atoms with van der Waals surface area (Å²) in [7, 11) is 0. The Morgan fingerprint density at radius 1 is 1.14 bits per heavy atom. The molecule has 0 saturated carbocycles. The first-order valence-electron chi connectivity index (χ1n) is 8.86. The molecule has 0 radical (unpaired) electrons. The summed E-state index contributed by atoms with van der Waals surface area (Å²) in [5, 5.41) is 13.5. The molecule has 0 N–H and O–H groups in total. The minimum Gasteiger partial charge on any atom is -0.446 e. The molecule has 4 aromatic rings. The van der Waals surface area contributed by atoms with Gasteiger partial charge in [-0.3, -0.25) is 4.57 Å². The van der Waals surface area contributed by atoms with Gasteiger partial charge in [0.05, 0.1) is 11.8 Å². The molecule has 0 saturated heterocycles. The number of nitrogens with zero attached hydrogens (tertiary/aromatic N) is 5. The average Bonchev–Trinajstić information content (AvgIpc) is 3.43. The van der Waals surface area contributed by atoms with E-state index in [1.807, 2.05) is 48.7 Å². The Labute approximate surface area is 174 Å². The molecule has 0 aliphatic rings. The van der Waals surface area contributed by atoms with Crippen molar-refractivity contribution in [3.8, 4) is 11.6 Å². The lowest BCUT2D eigenvalue weighted by atomic mass is 10.2. The average molecular weight is 460 g/mol. The van der Waals surface area contributed by atoms with Crippen LogP contribution in [-0.2, 0) is 13.0 Å². The Hall–Kier alpha value is -2.39. The second-order valence-electron chi connectivity index (χ2n) is 6.14. The third-order valence-electron chi connectivity index (χ3n) is 4.12. The van der Waals surface area contributed by atoms with Gasteiger partial charge in [-0.15, -0.1) is 10.2 Å². The van der Waals surface area contributed by atoms with Crippen LogP contribution < -0.4 is 0 Å². The molecule has 3 aromatic heterocycles. The molecule has 0 fully saturated rings. The van der Waals surface area contributed by atoms with Crippen molar-refractivity contribution in [1.29, 1.82) is 0 Å². The first-order valence-corrected chi connectivity index (χ1v) is 10.5. The quantitative estimate of drug-likeness (QED) is 0.353. The maximum Gasteiger partial charge on any atom is 0.239 e. The van der Waals surface area contributed by atoms with E-state index >= 15 is 0 Å². The fraction of sp³-hybridized carbons (Fsp3) is 0.263. The van der Waals surface area contributed by atoms with Crippen LogP contribution >= 0.6 is 27.7 Å². The molecule has 144 valence electrons. The van der Waals surface area contributed by atoms with Crippen molar-refractivity contribution < 1.29 is 8.94 Å². The zero-order valence-corrected chi connectivity index (χ0v) is 17.8. The highest BCUT2D eigenvalue weighted by atomic mass is 79.9. The first kappa shape index (κ1) is 18.9. The van der Waals surface area contributed by atoms with Crippen molar-refractivity contribution in [2.45, 2.75) is 37.2 Å². The van der Waals surface area contributed by atoms with Gasteiger partial charge in [0.15, 0.2) is 21.4 Å². The predicted octanol–water partition coefficient (Wildman–Crippen LogP) is 5.15. The number of halogens is 1. The van der Waals surface area contributed by atoms with Gasteiger partial charge in [-0.05, 0) is 40.5 Å². The summed E-state index contributed by atoms with van der Waals surface area (Å²) in [5.41, 5.74) is 1.15. The maximum atomic E-state index is 5.71. The lowest BCUT2D eigenvalue weighted by molar-refractivity contribution is 0.375. The fourth-order valence-corrected chi connectivity index (χ4v) is 3.87. The van der Waals surface area contributed by atoms with E-state index in [9.17, 15) is 0 Å². The molecule has 3 heterocycles. The third-order valence-corrected chi connectivity index (χ3v) is 5.62. The fourth-order valence-electron chi connectivity index (χ4n) is 2.69. The van der Waals surface area contributed by atoms with E-state index in [-0.39, 0.29) is 5.25 Å². The highest BCUT2D eigenvalue weighted by Crippen LogP contribution is 2.35. The molecular formula is C19H18BrN5O2S. The second-order valence-corrected chi connectivity index (χ2v) is 8.23. The number of rotatable bonds is 7. The molecule has 0 spiro atoms. The van der Waals surface area contributed by atoms with E-state index in [1.54, 1.807) is 0 Å². The zero-order valence-electron chi connectivity index (χ0n) is 15.4. The van der Waals surface area contributed by atoms with Gasteiger partial charge in [0.25, 0.3) is 0 Å². The number of benzene rings is 1. The molecule has 4 rings (SSSR count). The number of hydrogen-bond acceptors (Lipinski definition) is 7. The van der Waals surface area contributed by atoms with Crippen molar-refractivity contribution in [3.05, 3.63) is 64.4 Å². The van der Waals surface area contributed by atoms with Gasteiger partial charge in [0, 0.05) is 6.42 Å². The topological polar surface area (TPSA) is 82.8 Å². The van der Waals surface area contributed by atoms with Crippen LogP contribution in [0.2, 0.25) is 0 Å². The van der Waals surface area contributed by atoms with E-state index in [4.69, 9.17) is 8.94 Å². The Morgan fingerprint density at radius 2 is 1.96 bits per heavy atom. The Kier molecular flexibility index (Phi) is 5.63. The lowest BCUT2D eigenvalue weighted by Gasteiger charge is -2.11. The van der Waals surface area contributed by atoms with Crippen molar-refractivity contribution in [2.75, 3.05) is 0 Å².